The molecule has 0 aliphatic carbocycles. The summed E-state index contributed by atoms with van der Waals surface area (Å²) >= 11 is 0. The molecular weight excluding hydrogens is 198 g/mol. The average molecular weight is 210 g/mol. The fourth-order valence-corrected chi connectivity index (χ4v) is 1.01. The zero-order valence-corrected chi connectivity index (χ0v) is 8.79. The number of pyridine rings is 1. The highest BCUT2D eigenvalue weighted by Gasteiger charge is 2.17. The predicted molar refractivity (Wildman–Crippen MR) is 52.2 cm³/mol. The van der Waals surface area contributed by atoms with Crippen molar-refractivity contribution in [2.75, 3.05) is 0 Å². The molecule has 0 N–H and O–H groups in total. The molecule has 0 spiro atoms. The molecular formula is C11H12ClNO. The molecule has 0 atom stereocenters. The van der Waals surface area contributed by atoms with Crippen LogP contribution in [0.3, 0.4) is 0 Å². The number of rotatable bonds is 2. The number of allylic oxidation sites excluding steroid dienone is 1. The molecule has 0 radical (unpaired) electrons. The van der Waals surface area contributed by atoms with Gasteiger partial charge in [-0.25, -0.2) is 4.79 Å². The molecule has 14 heavy (non-hydrogen) atoms. The summed E-state index contributed by atoms with van der Waals surface area (Å²) in [5.41, 5.74) is 1.29. The Bertz CT molecular complexity index is 371. The van der Waals surface area contributed by atoms with Gasteiger partial charge < -0.3 is 12.4 Å². The lowest BCUT2D eigenvalue weighted by molar-refractivity contribution is -0.572. The lowest BCUT2D eigenvalue weighted by atomic mass is 10.2. The van der Waals surface area contributed by atoms with Crippen LogP contribution in [0.4, 0.5) is 0 Å². The second-order valence-electron chi connectivity index (χ2n) is 2.79. The van der Waals surface area contributed by atoms with Crippen molar-refractivity contribution in [3.8, 4) is 0 Å². The van der Waals surface area contributed by atoms with E-state index in [1.807, 2.05) is 12.1 Å². The van der Waals surface area contributed by atoms with Gasteiger partial charge >= 0.3 is 5.91 Å². The fourth-order valence-electron chi connectivity index (χ4n) is 1.01. The number of nitrogens with zero attached hydrogens (tertiary/aromatic N) is 1. The van der Waals surface area contributed by atoms with Gasteiger partial charge in [0.2, 0.25) is 5.69 Å². The van der Waals surface area contributed by atoms with Crippen LogP contribution in [0.15, 0.2) is 43.1 Å². The predicted octanol–water partition coefficient (Wildman–Crippen LogP) is -1.16. The molecule has 0 saturated carbocycles. The van der Waals surface area contributed by atoms with E-state index in [-0.39, 0.29) is 18.3 Å². The lowest BCUT2D eigenvalue weighted by Crippen LogP contribution is -3.00. The zero-order valence-electron chi connectivity index (χ0n) is 8.03. The molecule has 3 heteroatoms. The van der Waals surface area contributed by atoms with Gasteiger partial charge in [-0.15, -0.1) is 4.57 Å². The van der Waals surface area contributed by atoms with Crippen LogP contribution in [0.5, 0.6) is 0 Å². The third-order valence-corrected chi connectivity index (χ3v) is 1.68. The molecule has 0 unspecified atom stereocenters. The monoisotopic (exact) mass is 209 g/mol. The normalized spacial score (nSPS) is 8.64. The number of halogens is 1. The largest absolute Gasteiger partial charge is 1.00 e. The van der Waals surface area contributed by atoms with Gasteiger partial charge in [-0.2, -0.15) is 0 Å². The Morgan fingerprint density at radius 3 is 2.64 bits per heavy atom. The maximum Gasteiger partial charge on any atom is 0.420 e. The van der Waals surface area contributed by atoms with Crippen LogP contribution in [-0.4, -0.2) is 5.91 Å². The Labute approximate surface area is 90.0 Å². The Morgan fingerprint density at radius 1 is 1.50 bits per heavy atom. The van der Waals surface area contributed by atoms with Crippen molar-refractivity contribution in [1.29, 1.82) is 0 Å². The van der Waals surface area contributed by atoms with E-state index in [2.05, 4.69) is 13.2 Å². The zero-order chi connectivity index (χ0) is 9.84. The Kier molecular flexibility index (Phi) is 4.81. The summed E-state index contributed by atoms with van der Waals surface area (Å²) in [6.07, 6.45) is 3.34. The molecule has 0 bridgehead atoms. The van der Waals surface area contributed by atoms with Gasteiger partial charge in [0.1, 0.15) is 0 Å². The van der Waals surface area contributed by atoms with Crippen molar-refractivity contribution in [2.45, 2.75) is 6.92 Å². The van der Waals surface area contributed by atoms with E-state index in [1.165, 1.54) is 4.57 Å². The molecule has 0 aromatic carbocycles. The summed E-state index contributed by atoms with van der Waals surface area (Å²) in [4.78, 5) is 11.5. The molecule has 1 heterocycles. The summed E-state index contributed by atoms with van der Waals surface area (Å²) in [6.45, 7) is 8.92. The second kappa shape index (κ2) is 5.35. The lowest BCUT2D eigenvalue weighted by Gasteiger charge is -1.95. The summed E-state index contributed by atoms with van der Waals surface area (Å²) in [6, 6.07) is 5.49. The smallest absolute Gasteiger partial charge is 0.420 e. The maximum atomic E-state index is 11.5. The third-order valence-electron chi connectivity index (χ3n) is 1.68. The molecule has 0 aliphatic heterocycles. The highest BCUT2D eigenvalue weighted by molar-refractivity contribution is 5.85. The van der Waals surface area contributed by atoms with Crippen molar-refractivity contribution in [2.24, 2.45) is 0 Å². The molecule has 74 valence electrons. The van der Waals surface area contributed by atoms with Gasteiger partial charge in [-0.05, 0) is 13.0 Å². The van der Waals surface area contributed by atoms with Crippen LogP contribution in [0, 0.1) is 0 Å². The van der Waals surface area contributed by atoms with Crippen molar-refractivity contribution < 1.29 is 21.8 Å². The highest BCUT2D eigenvalue weighted by atomic mass is 35.5. The minimum atomic E-state index is -0.101. The first kappa shape index (κ1) is 12.6. The summed E-state index contributed by atoms with van der Waals surface area (Å²) in [5.74, 6) is -0.101. The first-order valence-electron chi connectivity index (χ1n) is 4.00. The summed E-state index contributed by atoms with van der Waals surface area (Å²) in [5, 5.41) is 0. The van der Waals surface area contributed by atoms with Crippen molar-refractivity contribution in [3.63, 3.8) is 0 Å². The van der Waals surface area contributed by atoms with E-state index in [0.29, 0.717) is 5.57 Å². The molecule has 0 fully saturated rings. The van der Waals surface area contributed by atoms with Gasteiger partial charge in [0.15, 0.2) is 6.20 Å². The van der Waals surface area contributed by atoms with E-state index in [0.717, 1.165) is 5.69 Å². The van der Waals surface area contributed by atoms with Crippen LogP contribution in [-0.2, 0) is 0 Å². The fraction of sp³-hybridized carbons (Fsp3) is 0.0909. The van der Waals surface area contributed by atoms with E-state index in [9.17, 15) is 4.79 Å². The van der Waals surface area contributed by atoms with Crippen molar-refractivity contribution >= 4 is 12.0 Å². The van der Waals surface area contributed by atoms with Crippen molar-refractivity contribution in [1.82, 2.24) is 0 Å². The second-order valence-corrected chi connectivity index (χ2v) is 2.79. The molecule has 0 saturated heterocycles. The molecule has 0 amide bonds. The first-order chi connectivity index (χ1) is 6.16. The third kappa shape index (κ3) is 2.54. The van der Waals surface area contributed by atoms with Gasteiger partial charge in [-0.3, -0.25) is 0 Å². The number of carbonyl (C=O) groups is 1. The SMILES string of the molecule is C=Cc1cccc[n+]1C(=O)C(=C)C.[Cl-]. The van der Waals surface area contributed by atoms with E-state index >= 15 is 0 Å². The van der Waals surface area contributed by atoms with Crippen LogP contribution in [0.2, 0.25) is 0 Å². The molecule has 1 aromatic heterocycles. The van der Waals surface area contributed by atoms with Crippen LogP contribution >= 0.6 is 0 Å². The first-order valence-corrected chi connectivity index (χ1v) is 4.00. The number of aromatic nitrogens is 1. The topological polar surface area (TPSA) is 20.9 Å². The average Bonchev–Trinajstić information content (AvgIpc) is 2.16. The molecule has 0 aliphatic rings. The number of hydrogen-bond donors (Lipinski definition) is 0. The number of carbonyl (C=O) groups excluding carboxylic acids is 1. The van der Waals surface area contributed by atoms with Gasteiger partial charge in [0, 0.05) is 18.2 Å². The van der Waals surface area contributed by atoms with Crippen LogP contribution in [0.1, 0.15) is 17.4 Å². The summed E-state index contributed by atoms with van der Waals surface area (Å²) in [7, 11) is 0. The summed E-state index contributed by atoms with van der Waals surface area (Å²) < 4.78 is 1.52. The quantitative estimate of drug-likeness (QED) is 0.445. The molecule has 1 rings (SSSR count). The van der Waals surface area contributed by atoms with E-state index < -0.39 is 0 Å². The van der Waals surface area contributed by atoms with Crippen LogP contribution < -0.4 is 17.0 Å². The Morgan fingerprint density at radius 2 is 2.14 bits per heavy atom. The molecule has 2 nitrogen and oxygen atoms in total. The molecule has 1 aromatic rings. The highest BCUT2D eigenvalue weighted by Crippen LogP contribution is 1.95. The van der Waals surface area contributed by atoms with E-state index in [4.69, 9.17) is 0 Å². The minimum Gasteiger partial charge on any atom is -1.00 e. The maximum absolute atomic E-state index is 11.5. The standard InChI is InChI=1S/C11H12NO.ClH/c1-4-10-7-5-6-8-12(10)11(13)9(2)3;/h4-8H,1-2H2,3H3;1H/q+1;/p-1. The van der Waals surface area contributed by atoms with Gasteiger partial charge in [0.05, 0.1) is 5.57 Å². The minimum absolute atomic E-state index is 0. The Balaban J connectivity index is 0.00000169. The van der Waals surface area contributed by atoms with Gasteiger partial charge in [-0.1, -0.05) is 13.2 Å². The number of hydrogen-bond acceptors (Lipinski definition) is 1. The van der Waals surface area contributed by atoms with Crippen LogP contribution in [0.25, 0.3) is 6.08 Å². The Hall–Kier alpha value is -1.41. The van der Waals surface area contributed by atoms with Gasteiger partial charge in [0.25, 0.3) is 0 Å². The van der Waals surface area contributed by atoms with Crippen molar-refractivity contribution in [3.05, 3.63) is 48.8 Å². The van der Waals surface area contributed by atoms with E-state index in [1.54, 1.807) is 25.3 Å².